The molecule has 0 saturated heterocycles. The third-order valence-corrected chi connectivity index (χ3v) is 15.9. The first-order chi connectivity index (χ1) is 20.6. The van der Waals surface area contributed by atoms with E-state index in [-0.39, 0.29) is 10.6 Å². The lowest BCUT2D eigenvalue weighted by Crippen LogP contribution is -2.72. The van der Waals surface area contributed by atoms with Crippen LogP contribution in [0.1, 0.15) is 51.3 Å². The molecule has 0 atom stereocenters. The Morgan fingerprint density at radius 3 is 1.98 bits per heavy atom. The molecule has 0 unspecified atom stereocenters. The first kappa shape index (κ1) is 29.1. The highest BCUT2D eigenvalue weighted by Crippen LogP contribution is 2.37. The van der Waals surface area contributed by atoms with Crippen LogP contribution in [0.5, 0.6) is 0 Å². The Labute approximate surface area is 263 Å². The number of fused-ring (bicyclic) bond motifs is 1. The first-order valence-corrected chi connectivity index (χ1v) is 18.1. The van der Waals surface area contributed by atoms with Gasteiger partial charge in [0, 0.05) is 11.7 Å². The van der Waals surface area contributed by atoms with Crippen LogP contribution in [0.25, 0.3) is 16.2 Å². The average Bonchev–Trinajstić information content (AvgIpc) is 3.72. The molecule has 0 spiro atoms. The summed E-state index contributed by atoms with van der Waals surface area (Å²) in [5.41, 5.74) is 1.77. The van der Waals surface area contributed by atoms with Crippen molar-refractivity contribution < 1.29 is 0 Å². The molecule has 0 radical (unpaired) electrons. The van der Waals surface area contributed by atoms with Crippen LogP contribution in [0.15, 0.2) is 103 Å². The Bertz CT molecular complexity index is 1890. The number of anilines is 1. The van der Waals surface area contributed by atoms with Gasteiger partial charge in [-0.15, -0.1) is 22.7 Å². The van der Waals surface area contributed by atoms with Gasteiger partial charge in [-0.2, -0.15) is 0 Å². The van der Waals surface area contributed by atoms with Crippen molar-refractivity contribution in [2.24, 2.45) is 0 Å². The molecule has 6 rings (SSSR count). The number of hydrogen-bond acceptors (Lipinski definition) is 5. The molecule has 0 bridgehead atoms. The fourth-order valence-corrected chi connectivity index (χ4v) is 14.6. The minimum absolute atomic E-state index is 0.00615. The molecule has 0 aliphatic carbocycles. The van der Waals surface area contributed by atoms with E-state index in [0.717, 1.165) is 31.8 Å². The number of imidazole rings is 1. The van der Waals surface area contributed by atoms with Gasteiger partial charge < -0.3 is 5.32 Å². The van der Waals surface area contributed by atoms with Crippen LogP contribution in [0, 0.1) is 11.8 Å². The van der Waals surface area contributed by atoms with Gasteiger partial charge in [-0.05, 0) is 72.3 Å². The third-order valence-electron chi connectivity index (χ3n) is 7.54. The molecule has 4 nitrogen and oxygen atoms in total. The number of benzene rings is 2. The maximum Gasteiger partial charge on any atom is 0.189 e. The summed E-state index contributed by atoms with van der Waals surface area (Å²) in [5, 5.41) is 6.40. The second kappa shape index (κ2) is 11.3. The number of thiophene rings is 1. The molecule has 4 aromatic heterocycles. The van der Waals surface area contributed by atoms with Gasteiger partial charge in [-0.25, -0.2) is 4.98 Å². The summed E-state index contributed by atoms with van der Waals surface area (Å²) in [6.07, 6.45) is 4.02. The second-order valence-corrected chi connectivity index (χ2v) is 19.9. The number of nitrogens with one attached hydrogen (secondary N) is 1. The normalized spacial score (nSPS) is 12.2. The molecule has 0 saturated carbocycles. The van der Waals surface area contributed by atoms with Crippen molar-refractivity contribution in [3.05, 3.63) is 113 Å². The monoisotopic (exact) mass is 616 g/mol. The SMILES string of the molecule is CC(C)(C)Nc1c(-c2ccc(C#Cc3cnc([Si](c4ccccc4)(c4ccccc4)C(C)(C)C)s3)s2)nc2ccccn12. The molecule has 7 heteroatoms. The standard InChI is InChI=1S/C36H36N4S2Si/c1-35(2,3)39-33-32(38-31-19-13-14-24-40(31)33)30-23-22-26(41-30)20-21-27-25-37-34(42-27)43(36(4,5)6,28-15-9-7-10-16-28)29-17-11-8-12-18-29/h7-19,22-25,39H,1-6H3. The lowest BCUT2D eigenvalue weighted by atomic mass is 10.1. The minimum atomic E-state index is -2.47. The highest BCUT2D eigenvalue weighted by atomic mass is 32.1. The van der Waals surface area contributed by atoms with Gasteiger partial charge in [-0.3, -0.25) is 9.38 Å². The molecule has 6 aromatic rings. The summed E-state index contributed by atoms with van der Waals surface area (Å²) in [6.45, 7) is 13.6. The Kier molecular flexibility index (Phi) is 7.63. The number of thiazole rings is 1. The van der Waals surface area contributed by atoms with E-state index >= 15 is 0 Å². The van der Waals surface area contributed by atoms with E-state index in [9.17, 15) is 0 Å². The van der Waals surface area contributed by atoms with Crippen LogP contribution < -0.4 is 20.3 Å². The van der Waals surface area contributed by atoms with Gasteiger partial charge in [0.15, 0.2) is 8.07 Å². The summed E-state index contributed by atoms with van der Waals surface area (Å²) in [6, 6.07) is 32.3. The van der Waals surface area contributed by atoms with Gasteiger partial charge >= 0.3 is 0 Å². The van der Waals surface area contributed by atoms with Crippen molar-refractivity contribution in [3.8, 4) is 22.4 Å². The molecule has 43 heavy (non-hydrogen) atoms. The Balaban J connectivity index is 1.38. The number of rotatable bonds is 5. The number of nitrogens with zero attached hydrogens (tertiary/aromatic N) is 3. The van der Waals surface area contributed by atoms with Crippen LogP contribution >= 0.6 is 22.7 Å². The third kappa shape index (κ3) is 5.59. The molecule has 0 amide bonds. The van der Waals surface area contributed by atoms with Crippen LogP contribution in [-0.2, 0) is 0 Å². The molecule has 0 fully saturated rings. The quantitative estimate of drug-likeness (QED) is 0.162. The summed E-state index contributed by atoms with van der Waals surface area (Å²) >= 11 is 3.42. The van der Waals surface area contributed by atoms with E-state index in [2.05, 4.69) is 142 Å². The molecule has 1 N–H and O–H groups in total. The van der Waals surface area contributed by atoms with Crippen molar-refractivity contribution in [1.82, 2.24) is 14.4 Å². The lowest BCUT2D eigenvalue weighted by molar-refractivity contribution is 0.629. The topological polar surface area (TPSA) is 42.2 Å². The van der Waals surface area contributed by atoms with Crippen LogP contribution in [0.4, 0.5) is 5.82 Å². The summed E-state index contributed by atoms with van der Waals surface area (Å²) in [5.74, 6) is 7.89. The number of hydrogen-bond donors (Lipinski definition) is 1. The molecular formula is C36H36N4S2Si. The molecule has 0 aliphatic rings. The van der Waals surface area contributed by atoms with Crippen molar-refractivity contribution in [2.75, 3.05) is 5.32 Å². The fraction of sp³-hybridized carbons (Fsp3) is 0.222. The van der Waals surface area contributed by atoms with Crippen molar-refractivity contribution >= 4 is 57.2 Å². The predicted octanol–water partition coefficient (Wildman–Crippen LogP) is 7.40. The predicted molar refractivity (Wildman–Crippen MR) is 187 cm³/mol. The molecule has 0 aliphatic heterocycles. The highest BCUT2D eigenvalue weighted by Gasteiger charge is 2.51. The average molecular weight is 617 g/mol. The van der Waals surface area contributed by atoms with Crippen molar-refractivity contribution in [3.63, 3.8) is 0 Å². The zero-order valence-corrected chi connectivity index (χ0v) is 28.1. The smallest absolute Gasteiger partial charge is 0.189 e. The van der Waals surface area contributed by atoms with E-state index in [1.54, 1.807) is 22.7 Å². The maximum absolute atomic E-state index is 5.10. The van der Waals surface area contributed by atoms with Crippen molar-refractivity contribution in [2.45, 2.75) is 52.1 Å². The Morgan fingerprint density at radius 1 is 0.721 bits per heavy atom. The van der Waals surface area contributed by atoms with E-state index in [4.69, 9.17) is 9.97 Å². The number of aromatic nitrogens is 3. The van der Waals surface area contributed by atoms with E-state index in [0.29, 0.717) is 0 Å². The molecular weight excluding hydrogens is 581 g/mol. The summed E-state index contributed by atoms with van der Waals surface area (Å²) < 4.78 is 3.31. The minimum Gasteiger partial charge on any atom is -0.365 e. The second-order valence-electron chi connectivity index (χ2n) is 12.8. The summed E-state index contributed by atoms with van der Waals surface area (Å²) in [7, 11) is -2.47. The summed E-state index contributed by atoms with van der Waals surface area (Å²) in [4.78, 5) is 13.2. The van der Waals surface area contributed by atoms with Gasteiger partial charge in [-0.1, -0.05) is 87.5 Å². The van der Waals surface area contributed by atoms with Gasteiger partial charge in [0.2, 0.25) is 0 Å². The lowest BCUT2D eigenvalue weighted by Gasteiger charge is -2.42. The maximum atomic E-state index is 5.10. The zero-order chi connectivity index (χ0) is 30.2. The van der Waals surface area contributed by atoms with Gasteiger partial charge in [0.1, 0.15) is 17.2 Å². The van der Waals surface area contributed by atoms with E-state index < -0.39 is 8.07 Å². The van der Waals surface area contributed by atoms with Crippen molar-refractivity contribution in [1.29, 1.82) is 0 Å². The van der Waals surface area contributed by atoms with E-state index in [1.165, 1.54) is 15.0 Å². The van der Waals surface area contributed by atoms with Gasteiger partial charge in [0.25, 0.3) is 0 Å². The molecule has 216 valence electrons. The number of pyridine rings is 1. The zero-order valence-electron chi connectivity index (χ0n) is 25.5. The molecule has 4 heterocycles. The van der Waals surface area contributed by atoms with Crippen LogP contribution in [-0.4, -0.2) is 28.0 Å². The van der Waals surface area contributed by atoms with E-state index in [1.807, 2.05) is 24.4 Å². The Morgan fingerprint density at radius 2 is 1.35 bits per heavy atom. The molecule has 2 aromatic carbocycles. The highest BCUT2D eigenvalue weighted by molar-refractivity contribution is 7.33. The van der Waals surface area contributed by atoms with Gasteiger partial charge in [0.05, 0.1) is 25.5 Å². The fourth-order valence-electron chi connectivity index (χ4n) is 5.78. The van der Waals surface area contributed by atoms with Crippen LogP contribution in [0.3, 0.4) is 0 Å². The first-order valence-electron chi connectivity index (χ1n) is 14.5. The largest absolute Gasteiger partial charge is 0.365 e. The Hall–Kier alpha value is -3.96. The van der Waals surface area contributed by atoms with Crippen LogP contribution in [0.2, 0.25) is 5.04 Å².